The number of hydrogen-bond donors (Lipinski definition) is 0. The molecule has 0 unspecified atom stereocenters. The van der Waals surface area contributed by atoms with E-state index in [-0.39, 0.29) is 0 Å². The third-order valence-electron chi connectivity index (χ3n) is 12.1. The molecule has 8 nitrogen and oxygen atoms in total. The maximum atomic E-state index is 5.29. The first-order valence-corrected chi connectivity index (χ1v) is 21.2. The Morgan fingerprint density at radius 1 is 0.156 bits per heavy atom. The Bertz CT molecular complexity index is 3080. The minimum absolute atomic E-state index is 0.509. The molecule has 8 aromatic rings. The van der Waals surface area contributed by atoms with E-state index in [0.717, 1.165) is 89.0 Å². The van der Waals surface area contributed by atoms with E-state index in [1.165, 1.54) is 0 Å². The lowest BCUT2D eigenvalue weighted by atomic mass is 9.98. The average molecular weight is 817 g/mol. The van der Waals surface area contributed by atoms with Crippen molar-refractivity contribution in [2.45, 2.75) is 0 Å². The van der Waals surface area contributed by atoms with Crippen LogP contribution in [0.3, 0.4) is 0 Å². The molecule has 0 N–H and O–H groups in total. The molecule has 0 saturated carbocycles. The van der Waals surface area contributed by atoms with Gasteiger partial charge in [-0.15, -0.1) is 0 Å². The summed E-state index contributed by atoms with van der Waals surface area (Å²) in [6.45, 7) is 0. The Hall–Kier alpha value is -8.88. The molecule has 8 bridgehead atoms. The highest BCUT2D eigenvalue weighted by Crippen LogP contribution is 2.35. The molecule has 0 spiro atoms. The second-order valence-corrected chi connectivity index (χ2v) is 16.0. The van der Waals surface area contributed by atoms with E-state index in [9.17, 15) is 0 Å². The number of hydrogen-bond acceptors (Lipinski definition) is 8. The highest BCUT2D eigenvalue weighted by Gasteiger charge is 2.32. The van der Waals surface area contributed by atoms with Crippen LogP contribution in [0.25, 0.3) is 44.5 Å². The minimum atomic E-state index is 0.509. The minimum Gasteiger partial charge on any atom is -0.208 e. The van der Waals surface area contributed by atoms with E-state index in [0.29, 0.717) is 46.7 Å². The van der Waals surface area contributed by atoms with E-state index in [1.54, 1.807) is 0 Å². The molecular weight excluding hydrogens is 785 g/mol. The summed E-state index contributed by atoms with van der Waals surface area (Å²) < 4.78 is 0. The Morgan fingerprint density at radius 2 is 0.344 bits per heavy atom. The number of benzene rings is 8. The zero-order chi connectivity index (χ0) is 42.1. The fraction of sp³-hybridized carbons (Fsp3) is 0. The summed E-state index contributed by atoms with van der Waals surface area (Å²) in [6.07, 6.45) is 0. The van der Waals surface area contributed by atoms with Gasteiger partial charge in [0.05, 0.1) is 0 Å². The first kappa shape index (κ1) is 35.8. The molecule has 5 aliphatic rings. The van der Waals surface area contributed by atoms with Crippen LogP contribution < -0.4 is 0 Å². The zero-order valence-electron chi connectivity index (χ0n) is 34.1. The summed E-state index contributed by atoms with van der Waals surface area (Å²) in [4.78, 5) is 41.9. The Morgan fingerprint density at radius 3 is 0.547 bits per heavy atom. The van der Waals surface area contributed by atoms with Crippen molar-refractivity contribution in [3.63, 3.8) is 0 Å². The Kier molecular flexibility index (Phi) is 8.04. The zero-order valence-corrected chi connectivity index (χ0v) is 34.1. The average Bonchev–Trinajstić information content (AvgIpc) is 4.10. The van der Waals surface area contributed by atoms with E-state index in [4.69, 9.17) is 39.9 Å². The SMILES string of the molecule is c1ccc(-c2ccc3c(c2)C2=NC3=NC3=NC(=NC4=NC(=NC5=NC(=N2)c2ccc(-c6ccccc6)cc25)c2ccc(-c5ccccc5)cc24)c2ccc(-c4ccccc4)cc23)cc1. The monoisotopic (exact) mass is 816 g/mol. The van der Waals surface area contributed by atoms with Crippen molar-refractivity contribution in [3.05, 3.63) is 239 Å². The molecule has 5 aliphatic heterocycles. The first-order valence-electron chi connectivity index (χ1n) is 21.2. The molecule has 8 aromatic carbocycles. The molecule has 0 aliphatic carbocycles. The van der Waals surface area contributed by atoms with Crippen LogP contribution in [0.2, 0.25) is 0 Å². The van der Waals surface area contributed by atoms with E-state index in [1.807, 2.05) is 72.8 Å². The van der Waals surface area contributed by atoms with Gasteiger partial charge in [0.2, 0.25) is 0 Å². The topological polar surface area (TPSA) is 98.9 Å². The number of fused-ring (bicyclic) bond motifs is 16. The van der Waals surface area contributed by atoms with Gasteiger partial charge < -0.3 is 0 Å². The van der Waals surface area contributed by atoms with Gasteiger partial charge in [-0.05, 0) is 93.0 Å². The summed E-state index contributed by atoms with van der Waals surface area (Å²) >= 11 is 0. The van der Waals surface area contributed by atoms with Crippen molar-refractivity contribution in [1.29, 1.82) is 0 Å². The fourth-order valence-electron chi connectivity index (χ4n) is 8.90. The fourth-order valence-corrected chi connectivity index (χ4v) is 8.90. The number of nitrogens with zero attached hydrogens (tertiary/aromatic N) is 8. The van der Waals surface area contributed by atoms with Gasteiger partial charge in [-0.1, -0.05) is 146 Å². The molecule has 13 rings (SSSR count). The van der Waals surface area contributed by atoms with Crippen LogP contribution in [0.15, 0.2) is 234 Å². The van der Waals surface area contributed by atoms with Crippen molar-refractivity contribution in [2.75, 3.05) is 0 Å². The number of aliphatic imine (C=N–C) groups is 8. The third kappa shape index (κ3) is 6.00. The Balaban J connectivity index is 1.06. The van der Waals surface area contributed by atoms with Gasteiger partial charge in [0, 0.05) is 44.5 Å². The van der Waals surface area contributed by atoms with Crippen molar-refractivity contribution >= 4 is 46.7 Å². The smallest absolute Gasteiger partial charge is 0.164 e. The summed E-state index contributed by atoms with van der Waals surface area (Å²) in [7, 11) is 0. The summed E-state index contributed by atoms with van der Waals surface area (Å²) in [5.74, 6) is 4.08. The predicted molar refractivity (Wildman–Crippen MR) is 260 cm³/mol. The van der Waals surface area contributed by atoms with Crippen LogP contribution in [-0.4, -0.2) is 46.7 Å². The quantitative estimate of drug-likeness (QED) is 0.169. The summed E-state index contributed by atoms with van der Waals surface area (Å²) in [6, 6.07) is 66.7. The van der Waals surface area contributed by atoms with Crippen LogP contribution in [0.5, 0.6) is 0 Å². The van der Waals surface area contributed by atoms with Gasteiger partial charge in [-0.25, -0.2) is 39.9 Å². The predicted octanol–water partition coefficient (Wildman–Crippen LogP) is 11.5. The Labute approximate surface area is 368 Å². The maximum Gasteiger partial charge on any atom is 0.164 e. The van der Waals surface area contributed by atoms with Crippen molar-refractivity contribution in [1.82, 2.24) is 0 Å². The number of amidine groups is 8. The van der Waals surface area contributed by atoms with Crippen LogP contribution in [0.1, 0.15) is 44.5 Å². The second kappa shape index (κ2) is 14.4. The van der Waals surface area contributed by atoms with Gasteiger partial charge >= 0.3 is 0 Å². The maximum absolute atomic E-state index is 5.29. The van der Waals surface area contributed by atoms with Gasteiger partial charge in [0.15, 0.2) is 46.7 Å². The van der Waals surface area contributed by atoms with Gasteiger partial charge in [0.25, 0.3) is 0 Å². The highest BCUT2D eigenvalue weighted by molar-refractivity contribution is 6.35. The van der Waals surface area contributed by atoms with Crippen LogP contribution in [0, 0.1) is 0 Å². The van der Waals surface area contributed by atoms with Gasteiger partial charge in [0.1, 0.15) is 0 Å². The molecular formula is C56H32N8. The van der Waals surface area contributed by atoms with Crippen LogP contribution in [-0.2, 0) is 0 Å². The second-order valence-electron chi connectivity index (χ2n) is 16.0. The largest absolute Gasteiger partial charge is 0.208 e. The van der Waals surface area contributed by atoms with Crippen molar-refractivity contribution in [3.8, 4) is 44.5 Å². The molecule has 0 fully saturated rings. The first-order chi connectivity index (χ1) is 31.7. The van der Waals surface area contributed by atoms with Gasteiger partial charge in [-0.3, -0.25) is 0 Å². The highest BCUT2D eigenvalue weighted by atomic mass is 15.1. The standard InChI is InChI=1S/C56H32N8/c1-5-13-33(14-6-1)37-21-25-41-45(29-37)53-57-49(41)62-54-47-31-39(35-17-9-3-10-18-35)23-27-43(47)51(59-54)64-56-48-32-40(36-19-11-4-12-20-36)24-28-44(48)52(60-56)63-55-46-30-38(34-15-7-2-8-16-34)22-26-42(46)50(58-55)61-53/h1-32H. The molecule has 0 atom stereocenters. The molecule has 296 valence electrons. The summed E-state index contributed by atoms with van der Waals surface area (Å²) in [5.41, 5.74) is 15.4. The van der Waals surface area contributed by atoms with E-state index in [2.05, 4.69) is 121 Å². The molecule has 0 saturated heterocycles. The van der Waals surface area contributed by atoms with E-state index < -0.39 is 0 Å². The lowest BCUT2D eigenvalue weighted by Crippen LogP contribution is -2.03. The third-order valence-corrected chi connectivity index (χ3v) is 12.1. The molecule has 64 heavy (non-hydrogen) atoms. The van der Waals surface area contributed by atoms with Crippen molar-refractivity contribution in [2.24, 2.45) is 39.9 Å². The van der Waals surface area contributed by atoms with E-state index >= 15 is 0 Å². The lowest BCUT2D eigenvalue weighted by Gasteiger charge is -2.08. The molecule has 0 aromatic heterocycles. The molecule has 0 amide bonds. The normalized spacial score (nSPS) is 15.0. The van der Waals surface area contributed by atoms with Crippen LogP contribution >= 0.6 is 0 Å². The number of rotatable bonds is 4. The van der Waals surface area contributed by atoms with Crippen molar-refractivity contribution < 1.29 is 0 Å². The molecule has 8 heteroatoms. The summed E-state index contributed by atoms with van der Waals surface area (Å²) in [5, 5.41) is 0. The molecule has 5 heterocycles. The molecule has 0 radical (unpaired) electrons. The lowest BCUT2D eigenvalue weighted by molar-refractivity contribution is 1.49. The van der Waals surface area contributed by atoms with Gasteiger partial charge in [-0.2, -0.15) is 0 Å². The van der Waals surface area contributed by atoms with Crippen LogP contribution in [0.4, 0.5) is 0 Å².